The van der Waals surface area contributed by atoms with Gasteiger partial charge >= 0.3 is 0 Å². The summed E-state index contributed by atoms with van der Waals surface area (Å²) in [6, 6.07) is 6.72. The lowest BCUT2D eigenvalue weighted by atomic mass is 10.2. The van der Waals surface area contributed by atoms with Crippen LogP contribution in [0.4, 0.5) is 11.4 Å². The van der Waals surface area contributed by atoms with Gasteiger partial charge < -0.3 is 11.1 Å². The number of aromatic nitrogens is 2. The van der Waals surface area contributed by atoms with Crippen molar-refractivity contribution in [3.63, 3.8) is 0 Å². The van der Waals surface area contributed by atoms with Gasteiger partial charge in [-0.1, -0.05) is 0 Å². The van der Waals surface area contributed by atoms with Crippen molar-refractivity contribution < 1.29 is 4.79 Å². The molecule has 0 fully saturated rings. The molecule has 0 aliphatic rings. The van der Waals surface area contributed by atoms with Crippen LogP contribution in [-0.2, 0) is 4.79 Å². The Hall–Kier alpha value is -2.30. The zero-order chi connectivity index (χ0) is 14.9. The second kappa shape index (κ2) is 5.36. The number of anilines is 2. The number of rotatable bonds is 3. The molecule has 20 heavy (non-hydrogen) atoms. The quantitative estimate of drug-likeness (QED) is 0.843. The van der Waals surface area contributed by atoms with Crippen molar-refractivity contribution >= 4 is 17.3 Å². The highest BCUT2D eigenvalue weighted by Gasteiger charge is 2.19. The molecule has 5 heteroatoms. The number of carbonyl (C=O) groups is 1. The summed E-state index contributed by atoms with van der Waals surface area (Å²) in [4.78, 5) is 12.3. The van der Waals surface area contributed by atoms with Gasteiger partial charge in [-0.2, -0.15) is 5.10 Å². The second-order valence-corrected chi connectivity index (χ2v) is 5.03. The van der Waals surface area contributed by atoms with Crippen molar-refractivity contribution in [3.8, 4) is 0 Å². The van der Waals surface area contributed by atoms with Gasteiger partial charge in [0, 0.05) is 17.1 Å². The summed E-state index contributed by atoms with van der Waals surface area (Å²) in [5.41, 5.74) is 10.1. The Labute approximate surface area is 118 Å². The van der Waals surface area contributed by atoms with Gasteiger partial charge in [-0.15, -0.1) is 0 Å². The minimum Gasteiger partial charge on any atom is -0.399 e. The van der Waals surface area contributed by atoms with E-state index in [1.165, 1.54) is 0 Å². The third-order valence-electron chi connectivity index (χ3n) is 3.61. The van der Waals surface area contributed by atoms with Gasteiger partial charge in [-0.3, -0.25) is 9.48 Å². The fourth-order valence-electron chi connectivity index (χ4n) is 2.05. The summed E-state index contributed by atoms with van der Waals surface area (Å²) in [7, 11) is 0. The topological polar surface area (TPSA) is 72.9 Å². The number of nitrogen functional groups attached to an aromatic ring is 1. The minimum atomic E-state index is -0.361. The molecule has 1 aromatic heterocycles. The molecule has 1 amide bonds. The number of nitrogens with zero attached hydrogens (tertiary/aromatic N) is 2. The number of aryl methyl sites for hydroxylation is 1. The summed E-state index contributed by atoms with van der Waals surface area (Å²) in [5.74, 6) is -0.0969. The molecule has 1 unspecified atom stereocenters. The Morgan fingerprint density at radius 1 is 1.25 bits per heavy atom. The highest BCUT2D eigenvalue weighted by Crippen LogP contribution is 2.18. The second-order valence-electron chi connectivity index (χ2n) is 5.03. The molecule has 1 heterocycles. The third kappa shape index (κ3) is 2.66. The summed E-state index contributed by atoms with van der Waals surface area (Å²) < 4.78 is 1.76. The van der Waals surface area contributed by atoms with E-state index in [0.717, 1.165) is 22.6 Å². The van der Waals surface area contributed by atoms with Gasteiger partial charge in [0.2, 0.25) is 5.91 Å². The van der Waals surface area contributed by atoms with Crippen molar-refractivity contribution in [1.82, 2.24) is 9.78 Å². The lowest BCUT2D eigenvalue weighted by molar-refractivity contribution is -0.119. The Balaban J connectivity index is 2.16. The van der Waals surface area contributed by atoms with Crippen LogP contribution in [0.3, 0.4) is 0 Å². The Morgan fingerprint density at radius 3 is 2.35 bits per heavy atom. The van der Waals surface area contributed by atoms with E-state index in [-0.39, 0.29) is 11.9 Å². The van der Waals surface area contributed by atoms with Crippen molar-refractivity contribution in [1.29, 1.82) is 0 Å². The van der Waals surface area contributed by atoms with Crippen molar-refractivity contribution in [2.45, 2.75) is 33.7 Å². The molecule has 1 aromatic carbocycles. The zero-order valence-electron chi connectivity index (χ0n) is 12.3. The van der Waals surface area contributed by atoms with Crippen LogP contribution in [0.2, 0.25) is 0 Å². The first-order valence-corrected chi connectivity index (χ1v) is 6.59. The molecule has 0 radical (unpaired) electrons. The molecular formula is C15H20N4O. The normalized spacial score (nSPS) is 12.2. The summed E-state index contributed by atoms with van der Waals surface area (Å²) in [5, 5.41) is 7.29. The van der Waals surface area contributed by atoms with E-state index < -0.39 is 0 Å². The number of hydrogen-bond acceptors (Lipinski definition) is 3. The molecule has 0 aliphatic carbocycles. The lowest BCUT2D eigenvalue weighted by Crippen LogP contribution is -2.25. The van der Waals surface area contributed by atoms with Crippen LogP contribution < -0.4 is 11.1 Å². The number of hydrogen-bond donors (Lipinski definition) is 2. The van der Waals surface area contributed by atoms with Gasteiger partial charge in [0.25, 0.3) is 0 Å². The van der Waals surface area contributed by atoms with Crippen molar-refractivity contribution in [2.75, 3.05) is 11.1 Å². The van der Waals surface area contributed by atoms with Gasteiger partial charge in [0.1, 0.15) is 6.04 Å². The summed E-state index contributed by atoms with van der Waals surface area (Å²) >= 11 is 0. The molecule has 2 rings (SSSR count). The average molecular weight is 272 g/mol. The van der Waals surface area contributed by atoms with E-state index in [2.05, 4.69) is 10.4 Å². The number of benzene rings is 1. The van der Waals surface area contributed by atoms with Crippen molar-refractivity contribution in [2.24, 2.45) is 0 Å². The number of nitrogens with one attached hydrogen (secondary N) is 1. The molecule has 5 nitrogen and oxygen atoms in total. The van der Waals surface area contributed by atoms with E-state index in [9.17, 15) is 4.79 Å². The molecule has 106 valence electrons. The molecule has 0 bridgehead atoms. The van der Waals surface area contributed by atoms with Crippen LogP contribution in [0.5, 0.6) is 0 Å². The van der Waals surface area contributed by atoms with E-state index in [1.807, 2.05) is 27.7 Å². The van der Waals surface area contributed by atoms with Gasteiger partial charge in [0.05, 0.1) is 5.69 Å². The van der Waals surface area contributed by atoms with Crippen LogP contribution in [0.25, 0.3) is 0 Å². The molecular weight excluding hydrogens is 252 g/mol. The van der Waals surface area contributed by atoms with Crippen LogP contribution in [0, 0.1) is 20.8 Å². The fourth-order valence-corrected chi connectivity index (χ4v) is 2.05. The predicted molar refractivity (Wildman–Crippen MR) is 80.6 cm³/mol. The predicted octanol–water partition coefficient (Wildman–Crippen LogP) is 2.59. The first-order valence-electron chi connectivity index (χ1n) is 6.59. The zero-order valence-corrected chi connectivity index (χ0v) is 12.3. The molecule has 0 spiro atoms. The highest BCUT2D eigenvalue weighted by molar-refractivity contribution is 5.93. The minimum absolute atomic E-state index is 0.0969. The van der Waals surface area contributed by atoms with E-state index in [4.69, 9.17) is 5.73 Å². The lowest BCUT2D eigenvalue weighted by Gasteiger charge is -2.14. The maximum absolute atomic E-state index is 12.3. The molecule has 0 saturated carbocycles. The first kappa shape index (κ1) is 14.1. The van der Waals surface area contributed by atoms with E-state index in [0.29, 0.717) is 5.69 Å². The fraction of sp³-hybridized carbons (Fsp3) is 0.333. The Bertz CT molecular complexity index is 628. The average Bonchev–Trinajstić information content (AvgIpc) is 2.68. The van der Waals surface area contributed by atoms with Crippen LogP contribution >= 0.6 is 0 Å². The Morgan fingerprint density at radius 2 is 1.85 bits per heavy atom. The SMILES string of the molecule is Cc1nn(C(C)C(=O)Nc2ccc(N)cc2)c(C)c1C. The maximum Gasteiger partial charge on any atom is 0.248 e. The number of nitrogens with two attached hydrogens (primary N) is 1. The summed E-state index contributed by atoms with van der Waals surface area (Å²) in [6.07, 6.45) is 0. The largest absolute Gasteiger partial charge is 0.399 e. The third-order valence-corrected chi connectivity index (χ3v) is 3.61. The highest BCUT2D eigenvalue weighted by atomic mass is 16.2. The van der Waals surface area contributed by atoms with Crippen LogP contribution in [-0.4, -0.2) is 15.7 Å². The number of amides is 1. The van der Waals surface area contributed by atoms with Crippen LogP contribution in [0.15, 0.2) is 24.3 Å². The van der Waals surface area contributed by atoms with Gasteiger partial charge in [-0.05, 0) is 57.5 Å². The monoisotopic (exact) mass is 272 g/mol. The molecule has 1 atom stereocenters. The smallest absolute Gasteiger partial charge is 0.248 e. The van der Waals surface area contributed by atoms with Crippen molar-refractivity contribution in [3.05, 3.63) is 41.2 Å². The standard InChI is InChI=1S/C15H20N4O/c1-9-10(2)18-19(11(9)3)12(4)15(20)17-14-7-5-13(16)6-8-14/h5-8,12H,16H2,1-4H3,(H,17,20). The summed E-state index contributed by atoms with van der Waals surface area (Å²) in [6.45, 7) is 7.77. The molecule has 2 aromatic rings. The number of carbonyl (C=O) groups excluding carboxylic acids is 1. The Kier molecular flexibility index (Phi) is 3.79. The molecule has 0 aliphatic heterocycles. The first-order chi connectivity index (χ1) is 9.40. The maximum atomic E-state index is 12.3. The van der Waals surface area contributed by atoms with E-state index in [1.54, 1.807) is 28.9 Å². The van der Waals surface area contributed by atoms with Gasteiger partial charge in [0.15, 0.2) is 0 Å². The van der Waals surface area contributed by atoms with Crippen LogP contribution in [0.1, 0.15) is 29.9 Å². The molecule has 3 N–H and O–H groups in total. The van der Waals surface area contributed by atoms with E-state index >= 15 is 0 Å². The molecule has 0 saturated heterocycles. The van der Waals surface area contributed by atoms with Gasteiger partial charge in [-0.25, -0.2) is 0 Å².